The molecule has 0 aromatic heterocycles. The van der Waals surface area contributed by atoms with Gasteiger partial charge in [-0.2, -0.15) is 0 Å². The monoisotopic (exact) mass is 328 g/mol. The van der Waals surface area contributed by atoms with E-state index in [0.29, 0.717) is 4.47 Å². The number of phenolic OH excluding ortho intramolecular Hbond substituents is 1. The zero-order valence-electron chi connectivity index (χ0n) is 8.60. The standard InChI is InChI=1S/C9H10BrFN2O3.ClH/c10-5-3-6(7(12)1-2-11)9(14)8(4-5)13(15)16;/h3-4,7,14H,1-2,12H2;1H/t7-;/m1./s1. The molecule has 0 fully saturated rings. The molecule has 0 heterocycles. The Kier molecular flexibility index (Phi) is 6.36. The van der Waals surface area contributed by atoms with Gasteiger partial charge in [-0.25, -0.2) is 0 Å². The molecule has 3 N–H and O–H groups in total. The van der Waals surface area contributed by atoms with Crippen molar-refractivity contribution in [3.63, 3.8) is 0 Å². The van der Waals surface area contributed by atoms with Crippen molar-refractivity contribution < 1.29 is 14.4 Å². The van der Waals surface area contributed by atoms with Gasteiger partial charge in [0, 0.05) is 22.1 Å². The number of nitro groups is 1. The minimum atomic E-state index is -0.763. The maximum Gasteiger partial charge on any atom is 0.312 e. The summed E-state index contributed by atoms with van der Waals surface area (Å²) >= 11 is 3.07. The molecular weight excluding hydrogens is 318 g/mol. The summed E-state index contributed by atoms with van der Waals surface area (Å²) in [4.78, 5) is 9.90. The molecule has 0 amide bonds. The topological polar surface area (TPSA) is 89.4 Å². The van der Waals surface area contributed by atoms with Crippen LogP contribution in [0.15, 0.2) is 16.6 Å². The Morgan fingerprint density at radius 1 is 1.59 bits per heavy atom. The molecular formula is C9H11BrClFN2O3. The van der Waals surface area contributed by atoms with Gasteiger partial charge in [0.15, 0.2) is 5.75 Å². The second kappa shape index (κ2) is 6.73. The number of benzene rings is 1. The molecule has 1 rings (SSSR count). The average Bonchev–Trinajstić information content (AvgIpc) is 2.20. The van der Waals surface area contributed by atoms with Crippen LogP contribution in [0.25, 0.3) is 0 Å². The van der Waals surface area contributed by atoms with Crippen molar-refractivity contribution in [2.75, 3.05) is 6.67 Å². The van der Waals surface area contributed by atoms with Gasteiger partial charge in [0.1, 0.15) is 0 Å². The number of halogens is 3. The molecule has 0 radical (unpaired) electrons. The fourth-order valence-electron chi connectivity index (χ4n) is 1.30. The molecule has 0 saturated heterocycles. The second-order valence-electron chi connectivity index (χ2n) is 3.20. The van der Waals surface area contributed by atoms with E-state index in [1.165, 1.54) is 12.1 Å². The van der Waals surface area contributed by atoms with E-state index in [0.717, 1.165) is 0 Å². The van der Waals surface area contributed by atoms with E-state index in [4.69, 9.17) is 5.73 Å². The summed E-state index contributed by atoms with van der Waals surface area (Å²) in [5.41, 5.74) is 5.32. The van der Waals surface area contributed by atoms with Crippen molar-refractivity contribution in [3.05, 3.63) is 32.3 Å². The largest absolute Gasteiger partial charge is 0.502 e. The van der Waals surface area contributed by atoms with Gasteiger partial charge in [-0.1, -0.05) is 15.9 Å². The van der Waals surface area contributed by atoms with Crippen molar-refractivity contribution in [1.29, 1.82) is 0 Å². The molecule has 17 heavy (non-hydrogen) atoms. The molecule has 96 valence electrons. The highest BCUT2D eigenvalue weighted by atomic mass is 79.9. The Labute approximate surface area is 111 Å². The Bertz CT molecular complexity index is 419. The smallest absolute Gasteiger partial charge is 0.312 e. The van der Waals surface area contributed by atoms with Crippen LogP contribution >= 0.6 is 28.3 Å². The van der Waals surface area contributed by atoms with Gasteiger partial charge in [-0.15, -0.1) is 12.4 Å². The predicted octanol–water partition coefficient (Wildman–Crippen LogP) is 2.84. The van der Waals surface area contributed by atoms with Crippen molar-refractivity contribution in [2.24, 2.45) is 5.73 Å². The number of nitrogens with zero attached hydrogens (tertiary/aromatic N) is 1. The first-order chi connectivity index (χ1) is 7.47. The van der Waals surface area contributed by atoms with Crippen LogP contribution < -0.4 is 5.73 Å². The summed E-state index contributed by atoms with van der Waals surface area (Å²) in [6, 6.07) is 1.85. The number of nitro benzene ring substituents is 1. The van der Waals surface area contributed by atoms with Gasteiger partial charge in [0.25, 0.3) is 0 Å². The van der Waals surface area contributed by atoms with Crippen LogP contribution in [0.5, 0.6) is 5.75 Å². The molecule has 0 unspecified atom stereocenters. The van der Waals surface area contributed by atoms with Crippen LogP contribution in [0.4, 0.5) is 10.1 Å². The third-order valence-corrected chi connectivity index (χ3v) is 2.56. The minimum absolute atomic E-state index is 0. The summed E-state index contributed by atoms with van der Waals surface area (Å²) in [6.07, 6.45) is 0.00116. The maximum absolute atomic E-state index is 12.1. The first-order valence-electron chi connectivity index (χ1n) is 4.45. The molecule has 0 bridgehead atoms. The number of rotatable bonds is 4. The zero-order chi connectivity index (χ0) is 12.3. The highest BCUT2D eigenvalue weighted by Gasteiger charge is 2.21. The third kappa shape index (κ3) is 3.79. The molecule has 1 atom stereocenters. The number of aromatic hydroxyl groups is 1. The number of alkyl halides is 1. The van der Waals surface area contributed by atoms with Gasteiger partial charge in [-0.3, -0.25) is 14.5 Å². The lowest BCUT2D eigenvalue weighted by Crippen LogP contribution is -2.11. The van der Waals surface area contributed by atoms with E-state index in [1.54, 1.807) is 0 Å². The Morgan fingerprint density at radius 3 is 2.65 bits per heavy atom. The van der Waals surface area contributed by atoms with Gasteiger partial charge in [0.2, 0.25) is 0 Å². The summed E-state index contributed by atoms with van der Waals surface area (Å²) in [5, 5.41) is 20.2. The summed E-state index contributed by atoms with van der Waals surface area (Å²) in [5.74, 6) is -0.505. The molecule has 0 saturated carbocycles. The van der Waals surface area contributed by atoms with Crippen LogP contribution in [0.2, 0.25) is 0 Å². The molecule has 0 spiro atoms. The minimum Gasteiger partial charge on any atom is -0.502 e. The van der Waals surface area contributed by atoms with E-state index < -0.39 is 29.1 Å². The molecule has 0 aliphatic heterocycles. The van der Waals surface area contributed by atoms with Crippen LogP contribution in [-0.2, 0) is 0 Å². The quantitative estimate of drug-likeness (QED) is 0.656. The SMILES string of the molecule is Cl.N[C@H](CCF)c1cc(Br)cc([N+](=O)[O-])c1O. The van der Waals surface area contributed by atoms with Crippen molar-refractivity contribution in [2.45, 2.75) is 12.5 Å². The van der Waals surface area contributed by atoms with E-state index in [9.17, 15) is 19.6 Å². The lowest BCUT2D eigenvalue weighted by Gasteiger charge is -2.12. The highest BCUT2D eigenvalue weighted by Crippen LogP contribution is 2.36. The van der Waals surface area contributed by atoms with E-state index in [-0.39, 0.29) is 24.4 Å². The van der Waals surface area contributed by atoms with Gasteiger partial charge in [0.05, 0.1) is 11.6 Å². The predicted molar refractivity (Wildman–Crippen MR) is 67.2 cm³/mol. The first kappa shape index (κ1) is 16.1. The van der Waals surface area contributed by atoms with Crippen molar-refractivity contribution in [1.82, 2.24) is 0 Å². The molecule has 0 aliphatic rings. The fraction of sp³-hybridized carbons (Fsp3) is 0.333. The Hall–Kier alpha value is -0.920. The number of hydrogen-bond donors (Lipinski definition) is 2. The molecule has 0 aliphatic carbocycles. The van der Waals surface area contributed by atoms with Crippen LogP contribution in [0.3, 0.4) is 0 Å². The highest BCUT2D eigenvalue weighted by molar-refractivity contribution is 9.10. The van der Waals surface area contributed by atoms with Gasteiger partial charge < -0.3 is 10.8 Å². The summed E-state index contributed by atoms with van der Waals surface area (Å²) in [6.45, 7) is -0.652. The van der Waals surface area contributed by atoms with Crippen LogP contribution in [0.1, 0.15) is 18.0 Å². The van der Waals surface area contributed by atoms with E-state index in [2.05, 4.69) is 15.9 Å². The molecule has 8 heteroatoms. The van der Waals surface area contributed by atoms with Crippen LogP contribution in [-0.4, -0.2) is 16.7 Å². The lowest BCUT2D eigenvalue weighted by molar-refractivity contribution is -0.386. The van der Waals surface area contributed by atoms with Crippen molar-refractivity contribution in [3.8, 4) is 5.75 Å². The zero-order valence-corrected chi connectivity index (χ0v) is 11.0. The van der Waals surface area contributed by atoms with Crippen LogP contribution in [0, 0.1) is 10.1 Å². The third-order valence-electron chi connectivity index (χ3n) is 2.10. The molecule has 1 aromatic rings. The fourth-order valence-corrected chi connectivity index (χ4v) is 1.76. The normalized spacial score (nSPS) is 11.7. The maximum atomic E-state index is 12.1. The van der Waals surface area contributed by atoms with E-state index in [1.807, 2.05) is 0 Å². The molecule has 1 aromatic carbocycles. The van der Waals surface area contributed by atoms with E-state index >= 15 is 0 Å². The van der Waals surface area contributed by atoms with Gasteiger partial charge in [-0.05, 0) is 12.5 Å². The number of phenols is 1. The summed E-state index contributed by atoms with van der Waals surface area (Å²) < 4.78 is 12.5. The molecule has 5 nitrogen and oxygen atoms in total. The Morgan fingerprint density at radius 2 is 2.18 bits per heavy atom. The van der Waals surface area contributed by atoms with Crippen molar-refractivity contribution >= 4 is 34.0 Å². The second-order valence-corrected chi connectivity index (χ2v) is 4.12. The summed E-state index contributed by atoms with van der Waals surface area (Å²) in [7, 11) is 0. The number of hydrogen-bond acceptors (Lipinski definition) is 4. The van der Waals surface area contributed by atoms with Gasteiger partial charge >= 0.3 is 5.69 Å². The Balaban J connectivity index is 0.00000256. The number of nitrogens with two attached hydrogens (primary N) is 1. The lowest BCUT2D eigenvalue weighted by atomic mass is 10.0. The first-order valence-corrected chi connectivity index (χ1v) is 5.25. The average molecular weight is 330 g/mol.